The Morgan fingerprint density at radius 1 is 1.11 bits per heavy atom. The lowest BCUT2D eigenvalue weighted by molar-refractivity contribution is -0.138. The lowest BCUT2D eigenvalue weighted by Crippen LogP contribution is -2.44. The molecular weight excluding hydrogens is 400 g/mol. The van der Waals surface area contributed by atoms with Crippen molar-refractivity contribution in [3.8, 4) is 0 Å². The number of amides is 1. The number of carbonyl (C=O) groups is 1. The summed E-state index contributed by atoms with van der Waals surface area (Å²) in [4.78, 5) is 18.1. The quantitative estimate of drug-likeness (QED) is 0.663. The van der Waals surface area contributed by atoms with Crippen LogP contribution in [0.25, 0.3) is 0 Å². The van der Waals surface area contributed by atoms with E-state index in [0.29, 0.717) is 22.8 Å². The van der Waals surface area contributed by atoms with E-state index in [1.165, 1.54) is 24.8 Å². The minimum atomic E-state index is 0.234. The van der Waals surface area contributed by atoms with Crippen molar-refractivity contribution in [2.45, 2.75) is 65.5 Å². The molecule has 27 heavy (non-hydrogen) atoms. The van der Waals surface area contributed by atoms with E-state index in [-0.39, 0.29) is 5.92 Å². The van der Waals surface area contributed by atoms with E-state index in [9.17, 15) is 4.79 Å². The topological polar surface area (TPSA) is 23.6 Å². The highest BCUT2D eigenvalue weighted by Crippen LogP contribution is 2.52. The average Bonchev–Trinajstić information content (AvgIpc) is 2.86. The van der Waals surface area contributed by atoms with Crippen LogP contribution >= 0.6 is 15.9 Å². The molecule has 1 aromatic carbocycles. The number of piperidine rings is 1. The third kappa shape index (κ3) is 4.27. The Bertz CT molecular complexity index is 693. The van der Waals surface area contributed by atoms with Crippen LogP contribution in [-0.4, -0.2) is 41.4 Å². The van der Waals surface area contributed by atoms with Gasteiger partial charge in [0.05, 0.1) is 0 Å². The van der Waals surface area contributed by atoms with Crippen LogP contribution in [0.15, 0.2) is 28.7 Å². The predicted octanol–water partition coefficient (Wildman–Crippen LogP) is 5.09. The molecule has 2 heterocycles. The van der Waals surface area contributed by atoms with Crippen LogP contribution < -0.4 is 0 Å². The normalized spacial score (nSPS) is 31.3. The lowest BCUT2D eigenvalue weighted by Gasteiger charge is -2.40. The van der Waals surface area contributed by atoms with Crippen LogP contribution in [0.1, 0.15) is 58.4 Å². The molecule has 4 heteroatoms. The van der Waals surface area contributed by atoms with Gasteiger partial charge in [-0.2, -0.15) is 0 Å². The SMILES string of the molecule is CC1(C)CC2CC(C)(CN2C(=O)C2CCN(Cc3ccc(Br)cc3)CC2)C1. The van der Waals surface area contributed by atoms with E-state index >= 15 is 0 Å². The monoisotopic (exact) mass is 432 g/mol. The van der Waals surface area contributed by atoms with Gasteiger partial charge in [0.15, 0.2) is 0 Å². The number of nitrogens with zero attached hydrogens (tertiary/aromatic N) is 2. The minimum absolute atomic E-state index is 0.234. The van der Waals surface area contributed by atoms with Gasteiger partial charge in [0.1, 0.15) is 0 Å². The molecule has 3 aliphatic rings. The third-order valence-electron chi connectivity index (χ3n) is 6.95. The Kier molecular flexibility index (Phi) is 5.17. The molecule has 1 saturated carbocycles. The molecule has 2 atom stereocenters. The molecule has 0 radical (unpaired) electrons. The van der Waals surface area contributed by atoms with Crippen LogP contribution in [0, 0.1) is 16.7 Å². The Hall–Kier alpha value is -0.870. The summed E-state index contributed by atoms with van der Waals surface area (Å²) in [5.74, 6) is 0.682. The molecule has 1 aromatic rings. The third-order valence-corrected chi connectivity index (χ3v) is 7.48. The molecule has 4 rings (SSSR count). The largest absolute Gasteiger partial charge is 0.339 e. The molecule has 2 saturated heterocycles. The van der Waals surface area contributed by atoms with Gasteiger partial charge in [0, 0.05) is 29.5 Å². The molecule has 148 valence electrons. The van der Waals surface area contributed by atoms with E-state index in [4.69, 9.17) is 0 Å². The molecule has 2 aliphatic heterocycles. The zero-order valence-corrected chi connectivity index (χ0v) is 18.6. The van der Waals surface area contributed by atoms with Gasteiger partial charge in [-0.3, -0.25) is 9.69 Å². The van der Waals surface area contributed by atoms with Gasteiger partial charge in [0.25, 0.3) is 0 Å². The zero-order valence-electron chi connectivity index (χ0n) is 17.0. The molecule has 1 amide bonds. The highest BCUT2D eigenvalue weighted by Gasteiger charge is 2.51. The number of hydrogen-bond acceptors (Lipinski definition) is 2. The van der Waals surface area contributed by atoms with Crippen LogP contribution in [-0.2, 0) is 11.3 Å². The van der Waals surface area contributed by atoms with E-state index < -0.39 is 0 Å². The molecule has 0 spiro atoms. The van der Waals surface area contributed by atoms with Crippen molar-refractivity contribution >= 4 is 21.8 Å². The maximum atomic E-state index is 13.3. The van der Waals surface area contributed by atoms with Gasteiger partial charge in [0.2, 0.25) is 5.91 Å². The standard InChI is InChI=1S/C23H33BrN2O/c1-22(2)12-20-13-23(3,15-22)16-26(20)21(27)18-8-10-25(11-9-18)14-17-4-6-19(24)7-5-17/h4-7,18,20H,8-16H2,1-3H3. The first-order valence-electron chi connectivity index (χ1n) is 10.5. The minimum Gasteiger partial charge on any atom is -0.339 e. The summed E-state index contributed by atoms with van der Waals surface area (Å²) in [7, 11) is 0. The maximum absolute atomic E-state index is 13.3. The van der Waals surface area contributed by atoms with Crippen molar-refractivity contribution in [2.75, 3.05) is 19.6 Å². The summed E-state index contributed by atoms with van der Waals surface area (Å²) in [5.41, 5.74) is 2.07. The number of rotatable bonds is 3. The second kappa shape index (κ2) is 7.18. The Balaban J connectivity index is 1.33. The number of carbonyl (C=O) groups excluding carboxylic acids is 1. The summed E-state index contributed by atoms with van der Waals surface area (Å²) in [6.07, 6.45) is 5.67. The maximum Gasteiger partial charge on any atom is 0.226 e. The zero-order chi connectivity index (χ0) is 19.2. The van der Waals surface area contributed by atoms with Crippen molar-refractivity contribution < 1.29 is 4.79 Å². The second-order valence-corrected chi connectivity index (χ2v) is 11.3. The number of likely N-dealkylation sites (tertiary alicyclic amines) is 2. The lowest BCUT2D eigenvalue weighted by atomic mass is 9.65. The molecular formula is C23H33BrN2O. The first kappa shape index (κ1) is 19.4. The van der Waals surface area contributed by atoms with Gasteiger partial charge in [-0.25, -0.2) is 0 Å². The highest BCUT2D eigenvalue weighted by molar-refractivity contribution is 9.10. The molecule has 1 aliphatic carbocycles. The van der Waals surface area contributed by atoms with Crippen molar-refractivity contribution in [3.05, 3.63) is 34.3 Å². The van der Waals surface area contributed by atoms with Gasteiger partial charge in [-0.05, 0) is 73.7 Å². The van der Waals surface area contributed by atoms with Gasteiger partial charge < -0.3 is 4.90 Å². The predicted molar refractivity (Wildman–Crippen MR) is 113 cm³/mol. The summed E-state index contributed by atoms with van der Waals surface area (Å²) >= 11 is 3.50. The number of hydrogen-bond donors (Lipinski definition) is 0. The molecule has 3 fully saturated rings. The average molecular weight is 433 g/mol. The van der Waals surface area contributed by atoms with E-state index in [1.54, 1.807) is 0 Å². The van der Waals surface area contributed by atoms with Gasteiger partial charge >= 0.3 is 0 Å². The molecule has 2 unspecified atom stereocenters. The smallest absolute Gasteiger partial charge is 0.226 e. The summed E-state index contributed by atoms with van der Waals surface area (Å²) in [6, 6.07) is 9.08. The van der Waals surface area contributed by atoms with E-state index in [0.717, 1.165) is 43.5 Å². The van der Waals surface area contributed by atoms with E-state index in [1.807, 2.05) is 0 Å². The van der Waals surface area contributed by atoms with Crippen molar-refractivity contribution in [1.29, 1.82) is 0 Å². The first-order valence-corrected chi connectivity index (χ1v) is 11.3. The van der Waals surface area contributed by atoms with Crippen LogP contribution in [0.4, 0.5) is 0 Å². The van der Waals surface area contributed by atoms with Crippen molar-refractivity contribution in [2.24, 2.45) is 16.7 Å². The number of halogens is 1. The fourth-order valence-corrected chi connectivity index (χ4v) is 6.40. The van der Waals surface area contributed by atoms with Gasteiger partial charge in [-0.1, -0.05) is 48.8 Å². The Morgan fingerprint density at radius 2 is 1.78 bits per heavy atom. The summed E-state index contributed by atoms with van der Waals surface area (Å²) < 4.78 is 1.13. The van der Waals surface area contributed by atoms with Crippen molar-refractivity contribution in [3.63, 3.8) is 0 Å². The fraction of sp³-hybridized carbons (Fsp3) is 0.696. The summed E-state index contributed by atoms with van der Waals surface area (Å²) in [6.45, 7) is 11.2. The summed E-state index contributed by atoms with van der Waals surface area (Å²) in [5, 5.41) is 0. The Morgan fingerprint density at radius 3 is 2.44 bits per heavy atom. The van der Waals surface area contributed by atoms with Gasteiger partial charge in [-0.15, -0.1) is 0 Å². The fourth-order valence-electron chi connectivity index (χ4n) is 6.14. The number of fused-ring (bicyclic) bond motifs is 2. The van der Waals surface area contributed by atoms with Crippen LogP contribution in [0.5, 0.6) is 0 Å². The molecule has 0 N–H and O–H groups in total. The molecule has 2 bridgehead atoms. The molecule has 0 aromatic heterocycles. The second-order valence-electron chi connectivity index (χ2n) is 10.4. The highest BCUT2D eigenvalue weighted by atomic mass is 79.9. The van der Waals surface area contributed by atoms with Crippen LogP contribution in [0.2, 0.25) is 0 Å². The van der Waals surface area contributed by atoms with E-state index in [2.05, 4.69) is 70.8 Å². The molecule has 3 nitrogen and oxygen atoms in total. The van der Waals surface area contributed by atoms with Crippen molar-refractivity contribution in [1.82, 2.24) is 9.80 Å². The first-order chi connectivity index (χ1) is 12.7. The van der Waals surface area contributed by atoms with Crippen LogP contribution in [0.3, 0.4) is 0 Å². The number of benzene rings is 1. The Labute approximate surface area is 172 Å².